The quantitative estimate of drug-likeness (QED) is 0.858. The van der Waals surface area contributed by atoms with Gasteiger partial charge in [0, 0.05) is 24.0 Å². The molecule has 1 amide bonds. The topological polar surface area (TPSA) is 29.5 Å². The largest absolute Gasteiger partial charge is 0.496 e. The minimum atomic E-state index is 0.247. The van der Waals surface area contributed by atoms with Gasteiger partial charge in [0.15, 0.2) is 0 Å². The van der Waals surface area contributed by atoms with E-state index < -0.39 is 0 Å². The highest BCUT2D eigenvalue weighted by molar-refractivity contribution is 9.10. The zero-order valence-corrected chi connectivity index (χ0v) is 11.7. The number of likely N-dealkylation sites (tertiary alicyclic amines) is 1. The van der Waals surface area contributed by atoms with Crippen LogP contribution in [0.2, 0.25) is 0 Å². The van der Waals surface area contributed by atoms with Crippen molar-refractivity contribution in [1.29, 1.82) is 0 Å². The maximum atomic E-state index is 11.6. The first kappa shape index (κ1) is 12.4. The molecule has 0 atom stereocenters. The highest BCUT2D eigenvalue weighted by Gasteiger charge is 2.21. The van der Waals surface area contributed by atoms with Crippen LogP contribution in [0.25, 0.3) is 0 Å². The van der Waals surface area contributed by atoms with Crippen molar-refractivity contribution < 1.29 is 9.53 Å². The number of ether oxygens (including phenoxy) is 1. The highest BCUT2D eigenvalue weighted by Crippen LogP contribution is 2.28. The summed E-state index contributed by atoms with van der Waals surface area (Å²) in [4.78, 5) is 13.5. The lowest BCUT2D eigenvalue weighted by atomic mass is 10.1. The zero-order chi connectivity index (χ0) is 12.4. The Kier molecular flexibility index (Phi) is 3.72. The van der Waals surface area contributed by atoms with Gasteiger partial charge in [-0.1, -0.05) is 15.9 Å². The Morgan fingerprint density at radius 2 is 2.24 bits per heavy atom. The summed E-state index contributed by atoms with van der Waals surface area (Å²) in [5.74, 6) is 1.12. The molecule has 0 N–H and O–H groups in total. The predicted octanol–water partition coefficient (Wildman–Crippen LogP) is 2.89. The van der Waals surface area contributed by atoms with Gasteiger partial charge < -0.3 is 9.64 Å². The van der Waals surface area contributed by atoms with Gasteiger partial charge in [0.2, 0.25) is 5.91 Å². The van der Waals surface area contributed by atoms with Crippen LogP contribution in [0.15, 0.2) is 16.6 Å². The normalized spacial score (nSPS) is 15.5. The fourth-order valence-corrected chi connectivity index (χ4v) is 2.70. The molecule has 1 aromatic carbocycles. The summed E-state index contributed by atoms with van der Waals surface area (Å²) < 4.78 is 6.35. The number of hydrogen-bond acceptors (Lipinski definition) is 2. The van der Waals surface area contributed by atoms with Gasteiger partial charge in [-0.05, 0) is 36.6 Å². The third kappa shape index (κ3) is 2.63. The Morgan fingerprint density at radius 3 is 2.82 bits per heavy atom. The van der Waals surface area contributed by atoms with Crippen molar-refractivity contribution in [2.45, 2.75) is 26.3 Å². The van der Waals surface area contributed by atoms with Gasteiger partial charge in [0.25, 0.3) is 0 Å². The summed E-state index contributed by atoms with van der Waals surface area (Å²) in [6.45, 7) is 3.53. The van der Waals surface area contributed by atoms with E-state index in [0.29, 0.717) is 13.0 Å². The maximum absolute atomic E-state index is 11.6. The third-order valence-corrected chi connectivity index (χ3v) is 3.83. The van der Waals surface area contributed by atoms with Crippen LogP contribution in [-0.2, 0) is 11.3 Å². The van der Waals surface area contributed by atoms with Crippen molar-refractivity contribution in [3.8, 4) is 5.75 Å². The number of halogens is 1. The van der Waals surface area contributed by atoms with E-state index in [1.807, 2.05) is 24.0 Å². The molecule has 1 fully saturated rings. The molecule has 1 saturated heterocycles. The predicted molar refractivity (Wildman–Crippen MR) is 70.1 cm³/mol. The smallest absolute Gasteiger partial charge is 0.222 e. The van der Waals surface area contributed by atoms with E-state index in [2.05, 4.69) is 15.9 Å². The van der Waals surface area contributed by atoms with Crippen molar-refractivity contribution in [3.63, 3.8) is 0 Å². The molecular formula is C13H16BrNO2. The van der Waals surface area contributed by atoms with E-state index in [0.717, 1.165) is 34.3 Å². The van der Waals surface area contributed by atoms with Crippen LogP contribution in [0.1, 0.15) is 24.0 Å². The summed E-state index contributed by atoms with van der Waals surface area (Å²) in [7, 11) is 1.67. The molecule has 0 spiro atoms. The van der Waals surface area contributed by atoms with E-state index in [4.69, 9.17) is 4.74 Å². The fraction of sp³-hybridized carbons (Fsp3) is 0.462. The number of methoxy groups -OCH3 is 1. The second-order valence-corrected chi connectivity index (χ2v) is 5.19. The standard InChI is InChI=1S/C13H16BrNO2/c1-9-6-11(14)10(7-12(9)17-2)8-15-5-3-4-13(15)16/h6-7H,3-5,8H2,1-2H3. The first-order chi connectivity index (χ1) is 8.11. The van der Waals surface area contributed by atoms with Crippen LogP contribution < -0.4 is 4.74 Å². The molecule has 92 valence electrons. The van der Waals surface area contributed by atoms with Gasteiger partial charge in [-0.3, -0.25) is 4.79 Å². The molecule has 1 aliphatic rings. The lowest BCUT2D eigenvalue weighted by Crippen LogP contribution is -2.24. The molecule has 0 aliphatic carbocycles. The van der Waals surface area contributed by atoms with E-state index in [1.165, 1.54) is 0 Å². The van der Waals surface area contributed by atoms with Gasteiger partial charge >= 0.3 is 0 Å². The summed E-state index contributed by atoms with van der Waals surface area (Å²) in [6, 6.07) is 4.04. The lowest BCUT2D eigenvalue weighted by Gasteiger charge is -2.18. The van der Waals surface area contributed by atoms with Gasteiger partial charge in [0.05, 0.1) is 7.11 Å². The number of rotatable bonds is 3. The minimum Gasteiger partial charge on any atom is -0.496 e. The minimum absolute atomic E-state index is 0.247. The second kappa shape index (κ2) is 5.08. The van der Waals surface area contributed by atoms with Gasteiger partial charge in [-0.15, -0.1) is 0 Å². The number of benzene rings is 1. The molecule has 1 heterocycles. The number of carbonyl (C=O) groups is 1. The first-order valence-corrected chi connectivity index (χ1v) is 6.52. The molecule has 1 aliphatic heterocycles. The van der Waals surface area contributed by atoms with E-state index in [1.54, 1.807) is 7.11 Å². The van der Waals surface area contributed by atoms with Crippen molar-refractivity contribution >= 4 is 21.8 Å². The molecule has 0 unspecified atom stereocenters. The molecule has 0 bridgehead atoms. The Hall–Kier alpha value is -1.03. The molecule has 0 saturated carbocycles. The molecule has 2 rings (SSSR count). The van der Waals surface area contributed by atoms with Crippen LogP contribution in [0, 0.1) is 6.92 Å². The van der Waals surface area contributed by atoms with Gasteiger partial charge in [-0.25, -0.2) is 0 Å². The summed E-state index contributed by atoms with van der Waals surface area (Å²) >= 11 is 3.54. The number of carbonyl (C=O) groups excluding carboxylic acids is 1. The van der Waals surface area contributed by atoms with Crippen LogP contribution in [0.5, 0.6) is 5.75 Å². The molecule has 17 heavy (non-hydrogen) atoms. The zero-order valence-electron chi connectivity index (χ0n) is 10.1. The van der Waals surface area contributed by atoms with Crippen molar-refractivity contribution in [1.82, 2.24) is 4.90 Å². The fourth-order valence-electron chi connectivity index (χ4n) is 2.11. The van der Waals surface area contributed by atoms with Crippen LogP contribution in [0.3, 0.4) is 0 Å². The maximum Gasteiger partial charge on any atom is 0.222 e. The van der Waals surface area contributed by atoms with Crippen molar-refractivity contribution in [3.05, 3.63) is 27.7 Å². The summed E-state index contributed by atoms with van der Waals surface area (Å²) in [5, 5.41) is 0. The SMILES string of the molecule is COc1cc(CN2CCCC2=O)c(Br)cc1C. The van der Waals surface area contributed by atoms with Gasteiger partial charge in [0.1, 0.15) is 5.75 Å². The van der Waals surface area contributed by atoms with Crippen LogP contribution in [-0.4, -0.2) is 24.5 Å². The average molecular weight is 298 g/mol. The third-order valence-electron chi connectivity index (χ3n) is 3.10. The number of amides is 1. The van der Waals surface area contributed by atoms with Crippen LogP contribution >= 0.6 is 15.9 Å². The van der Waals surface area contributed by atoms with Crippen LogP contribution in [0.4, 0.5) is 0 Å². The molecular weight excluding hydrogens is 282 g/mol. The molecule has 1 aromatic rings. The van der Waals surface area contributed by atoms with E-state index in [9.17, 15) is 4.79 Å². The Morgan fingerprint density at radius 1 is 1.47 bits per heavy atom. The van der Waals surface area contributed by atoms with E-state index in [-0.39, 0.29) is 5.91 Å². The molecule has 4 heteroatoms. The first-order valence-electron chi connectivity index (χ1n) is 5.72. The summed E-state index contributed by atoms with van der Waals surface area (Å²) in [5.41, 5.74) is 2.19. The second-order valence-electron chi connectivity index (χ2n) is 4.33. The Labute approximate surface area is 110 Å². The van der Waals surface area contributed by atoms with Gasteiger partial charge in [-0.2, -0.15) is 0 Å². The van der Waals surface area contributed by atoms with E-state index >= 15 is 0 Å². The molecule has 3 nitrogen and oxygen atoms in total. The lowest BCUT2D eigenvalue weighted by molar-refractivity contribution is -0.128. The molecule has 0 radical (unpaired) electrons. The molecule has 0 aromatic heterocycles. The highest BCUT2D eigenvalue weighted by atomic mass is 79.9. The average Bonchev–Trinajstić information content (AvgIpc) is 2.68. The van der Waals surface area contributed by atoms with Crippen molar-refractivity contribution in [2.75, 3.05) is 13.7 Å². The van der Waals surface area contributed by atoms with Crippen molar-refractivity contribution in [2.24, 2.45) is 0 Å². The Balaban J connectivity index is 2.23. The number of nitrogens with zero attached hydrogens (tertiary/aromatic N) is 1. The summed E-state index contributed by atoms with van der Waals surface area (Å²) in [6.07, 6.45) is 1.65. The number of hydrogen-bond donors (Lipinski definition) is 0. The Bertz CT molecular complexity index is 445. The number of aryl methyl sites for hydroxylation is 1. The monoisotopic (exact) mass is 297 g/mol.